The smallest absolute Gasteiger partial charge is 0.0179 e. The molecule has 1 aromatic heterocycles. The average Bonchev–Trinajstić information content (AvgIpc) is 2.73. The van der Waals surface area contributed by atoms with Gasteiger partial charge in [0.05, 0.1) is 0 Å². The highest BCUT2D eigenvalue weighted by Gasteiger charge is 2.08. The third-order valence-electron chi connectivity index (χ3n) is 2.70. The van der Waals surface area contributed by atoms with Crippen molar-refractivity contribution in [3.8, 4) is 0 Å². The lowest BCUT2D eigenvalue weighted by molar-refractivity contribution is 0.753. The van der Waals surface area contributed by atoms with Gasteiger partial charge in [0.15, 0.2) is 0 Å². The standard InChI is InChI=1S/C13H23NS2/c1-4-10(3)15-9-11(14)8-13-7-6-12(5-2)16-13/h6-7,10-11H,4-5,8-9,14H2,1-3H3. The molecule has 2 N–H and O–H groups in total. The minimum absolute atomic E-state index is 0.308. The summed E-state index contributed by atoms with van der Waals surface area (Å²) in [5.41, 5.74) is 6.15. The average molecular weight is 257 g/mol. The Morgan fingerprint density at radius 2 is 2.00 bits per heavy atom. The molecule has 0 aliphatic heterocycles. The van der Waals surface area contributed by atoms with Crippen molar-refractivity contribution in [1.29, 1.82) is 0 Å². The van der Waals surface area contributed by atoms with Crippen LogP contribution < -0.4 is 5.73 Å². The van der Waals surface area contributed by atoms with Crippen molar-refractivity contribution in [3.63, 3.8) is 0 Å². The van der Waals surface area contributed by atoms with Crippen LogP contribution >= 0.6 is 23.1 Å². The molecule has 0 saturated heterocycles. The topological polar surface area (TPSA) is 26.0 Å². The normalized spacial score (nSPS) is 15.0. The molecular weight excluding hydrogens is 234 g/mol. The lowest BCUT2D eigenvalue weighted by Gasteiger charge is -2.13. The maximum absolute atomic E-state index is 6.15. The molecule has 0 saturated carbocycles. The molecule has 0 bridgehead atoms. The highest BCUT2D eigenvalue weighted by atomic mass is 32.2. The highest BCUT2D eigenvalue weighted by Crippen LogP contribution is 2.20. The molecule has 16 heavy (non-hydrogen) atoms. The van der Waals surface area contributed by atoms with Crippen molar-refractivity contribution < 1.29 is 0 Å². The van der Waals surface area contributed by atoms with E-state index in [1.54, 1.807) is 0 Å². The Labute approximate surface area is 108 Å². The number of thiophene rings is 1. The number of aryl methyl sites for hydroxylation is 1. The summed E-state index contributed by atoms with van der Waals surface area (Å²) < 4.78 is 0. The summed E-state index contributed by atoms with van der Waals surface area (Å²) in [6, 6.07) is 4.77. The Kier molecular flexibility index (Phi) is 6.47. The first-order chi connectivity index (χ1) is 7.65. The molecule has 92 valence electrons. The van der Waals surface area contributed by atoms with E-state index in [-0.39, 0.29) is 0 Å². The third kappa shape index (κ3) is 4.89. The zero-order valence-electron chi connectivity index (χ0n) is 10.5. The van der Waals surface area contributed by atoms with Gasteiger partial charge >= 0.3 is 0 Å². The Hall–Kier alpha value is 0.01000. The summed E-state index contributed by atoms with van der Waals surface area (Å²) >= 11 is 3.91. The quantitative estimate of drug-likeness (QED) is 0.806. The van der Waals surface area contributed by atoms with E-state index in [2.05, 4.69) is 32.9 Å². The first-order valence-electron chi connectivity index (χ1n) is 6.10. The summed E-state index contributed by atoms with van der Waals surface area (Å²) in [4.78, 5) is 2.91. The van der Waals surface area contributed by atoms with Gasteiger partial charge in [-0.2, -0.15) is 11.8 Å². The van der Waals surface area contributed by atoms with Crippen LogP contribution in [-0.2, 0) is 12.8 Å². The van der Waals surface area contributed by atoms with E-state index in [9.17, 15) is 0 Å². The second kappa shape index (κ2) is 7.36. The Morgan fingerprint density at radius 3 is 2.56 bits per heavy atom. The van der Waals surface area contributed by atoms with Crippen molar-refractivity contribution in [2.45, 2.75) is 51.3 Å². The van der Waals surface area contributed by atoms with E-state index in [1.165, 1.54) is 16.2 Å². The van der Waals surface area contributed by atoms with Crippen molar-refractivity contribution in [2.24, 2.45) is 5.73 Å². The van der Waals surface area contributed by atoms with E-state index in [0.29, 0.717) is 6.04 Å². The van der Waals surface area contributed by atoms with Crippen molar-refractivity contribution in [2.75, 3.05) is 5.75 Å². The molecule has 0 fully saturated rings. The van der Waals surface area contributed by atoms with Gasteiger partial charge in [-0.1, -0.05) is 20.8 Å². The molecule has 1 nitrogen and oxygen atoms in total. The number of thioether (sulfide) groups is 1. The molecule has 1 aromatic rings. The second-order valence-electron chi connectivity index (χ2n) is 4.24. The van der Waals surface area contributed by atoms with Crippen LogP contribution in [0.4, 0.5) is 0 Å². The van der Waals surface area contributed by atoms with E-state index in [1.807, 2.05) is 23.1 Å². The van der Waals surface area contributed by atoms with E-state index in [0.717, 1.165) is 23.8 Å². The number of hydrogen-bond acceptors (Lipinski definition) is 3. The fourth-order valence-corrected chi connectivity index (χ4v) is 3.43. The number of nitrogens with two attached hydrogens (primary N) is 1. The van der Waals surface area contributed by atoms with Gasteiger partial charge < -0.3 is 5.73 Å². The summed E-state index contributed by atoms with van der Waals surface area (Å²) in [6.07, 6.45) is 3.41. The van der Waals surface area contributed by atoms with Crippen molar-refractivity contribution in [3.05, 3.63) is 21.9 Å². The van der Waals surface area contributed by atoms with Gasteiger partial charge in [0.2, 0.25) is 0 Å². The van der Waals surface area contributed by atoms with Gasteiger partial charge in [-0.3, -0.25) is 0 Å². The van der Waals surface area contributed by atoms with Gasteiger partial charge in [0.25, 0.3) is 0 Å². The molecule has 0 amide bonds. The largest absolute Gasteiger partial charge is 0.327 e. The predicted octanol–water partition coefficient (Wildman–Crippen LogP) is 3.71. The van der Waals surface area contributed by atoms with Crippen LogP contribution in [0.3, 0.4) is 0 Å². The van der Waals surface area contributed by atoms with Crippen molar-refractivity contribution in [1.82, 2.24) is 0 Å². The van der Waals surface area contributed by atoms with Crippen LogP contribution in [0.25, 0.3) is 0 Å². The van der Waals surface area contributed by atoms with Crippen LogP contribution in [0, 0.1) is 0 Å². The van der Waals surface area contributed by atoms with Crippen LogP contribution in [0.15, 0.2) is 12.1 Å². The SMILES string of the molecule is CCc1ccc(CC(N)CSC(C)CC)s1. The molecule has 2 atom stereocenters. The molecule has 2 unspecified atom stereocenters. The van der Waals surface area contributed by atoms with Crippen LogP contribution in [0.1, 0.15) is 36.9 Å². The van der Waals surface area contributed by atoms with E-state index >= 15 is 0 Å². The van der Waals surface area contributed by atoms with Crippen LogP contribution in [-0.4, -0.2) is 17.0 Å². The Morgan fingerprint density at radius 1 is 1.31 bits per heavy atom. The monoisotopic (exact) mass is 257 g/mol. The lowest BCUT2D eigenvalue weighted by Crippen LogP contribution is -2.26. The van der Waals surface area contributed by atoms with Gasteiger partial charge in [0.1, 0.15) is 0 Å². The fraction of sp³-hybridized carbons (Fsp3) is 0.692. The Balaban J connectivity index is 2.30. The summed E-state index contributed by atoms with van der Waals surface area (Å²) in [5, 5.41) is 0.737. The maximum atomic E-state index is 6.15. The molecule has 0 aliphatic rings. The first-order valence-corrected chi connectivity index (χ1v) is 7.97. The molecule has 0 spiro atoms. The van der Waals surface area contributed by atoms with Gasteiger partial charge in [-0.25, -0.2) is 0 Å². The third-order valence-corrected chi connectivity index (χ3v) is 5.47. The molecule has 1 heterocycles. The molecule has 1 rings (SSSR count). The highest BCUT2D eigenvalue weighted by molar-refractivity contribution is 7.99. The maximum Gasteiger partial charge on any atom is 0.0179 e. The number of hydrogen-bond donors (Lipinski definition) is 1. The molecular formula is C13H23NS2. The summed E-state index contributed by atoms with van der Waals surface area (Å²) in [7, 11) is 0. The van der Waals surface area contributed by atoms with Gasteiger partial charge in [0, 0.05) is 26.8 Å². The second-order valence-corrected chi connectivity index (χ2v) is 6.96. The molecule has 0 aliphatic carbocycles. The summed E-state index contributed by atoms with van der Waals surface area (Å²) in [6.45, 7) is 6.71. The zero-order valence-corrected chi connectivity index (χ0v) is 12.2. The van der Waals surface area contributed by atoms with Gasteiger partial charge in [-0.15, -0.1) is 11.3 Å². The predicted molar refractivity (Wildman–Crippen MR) is 77.6 cm³/mol. The lowest BCUT2D eigenvalue weighted by atomic mass is 10.2. The Bertz CT molecular complexity index is 296. The fourth-order valence-electron chi connectivity index (χ4n) is 1.45. The van der Waals surface area contributed by atoms with Crippen molar-refractivity contribution >= 4 is 23.1 Å². The minimum atomic E-state index is 0.308. The molecule has 0 radical (unpaired) electrons. The van der Waals surface area contributed by atoms with E-state index < -0.39 is 0 Å². The molecule has 0 aromatic carbocycles. The van der Waals surface area contributed by atoms with Gasteiger partial charge in [-0.05, 0) is 31.4 Å². The van der Waals surface area contributed by atoms with E-state index in [4.69, 9.17) is 5.73 Å². The van der Waals surface area contributed by atoms with Crippen LogP contribution in [0.5, 0.6) is 0 Å². The van der Waals surface area contributed by atoms with Crippen LogP contribution in [0.2, 0.25) is 0 Å². The number of rotatable bonds is 7. The molecule has 3 heteroatoms. The minimum Gasteiger partial charge on any atom is -0.327 e. The zero-order chi connectivity index (χ0) is 12.0. The summed E-state index contributed by atoms with van der Waals surface area (Å²) in [5.74, 6) is 1.08. The first kappa shape index (κ1) is 14.1.